The van der Waals surface area contributed by atoms with Crippen molar-refractivity contribution in [2.75, 3.05) is 0 Å². The molecule has 72 valence electrons. The molecule has 0 amide bonds. The van der Waals surface area contributed by atoms with Crippen molar-refractivity contribution < 1.29 is 13.2 Å². The number of hydrogen-bond acceptors (Lipinski definition) is 1. The van der Waals surface area contributed by atoms with E-state index in [0.29, 0.717) is 0 Å². The predicted octanol–water partition coefficient (Wildman–Crippen LogP) is 3.50. The highest BCUT2D eigenvalue weighted by Gasteiger charge is 2.17. The molecule has 0 aliphatic carbocycles. The fraction of sp³-hybridized carbons (Fsp3) is 0.286. The van der Waals surface area contributed by atoms with Gasteiger partial charge in [0.2, 0.25) is 0 Å². The number of pyridine rings is 1. The van der Waals surface area contributed by atoms with Gasteiger partial charge in [-0.05, 0) is 28.7 Å². The van der Waals surface area contributed by atoms with Crippen molar-refractivity contribution in [2.45, 2.75) is 12.3 Å². The van der Waals surface area contributed by atoms with Crippen molar-refractivity contribution >= 4 is 34.2 Å². The molecule has 0 bridgehead atoms. The van der Waals surface area contributed by atoms with Crippen LogP contribution in [0.15, 0.2) is 6.07 Å². The highest BCUT2D eigenvalue weighted by atomic mass is 127. The van der Waals surface area contributed by atoms with Crippen molar-refractivity contribution in [1.82, 2.24) is 4.98 Å². The van der Waals surface area contributed by atoms with Gasteiger partial charge in [-0.2, -0.15) is 0 Å². The number of rotatable bonds is 2. The van der Waals surface area contributed by atoms with Crippen LogP contribution in [-0.4, -0.2) is 4.98 Å². The van der Waals surface area contributed by atoms with Crippen molar-refractivity contribution in [3.63, 3.8) is 0 Å². The van der Waals surface area contributed by atoms with Crippen LogP contribution >= 0.6 is 34.2 Å². The molecule has 1 aromatic heterocycles. The van der Waals surface area contributed by atoms with Crippen LogP contribution < -0.4 is 0 Å². The molecule has 1 nitrogen and oxygen atoms in total. The van der Waals surface area contributed by atoms with Gasteiger partial charge in [-0.1, -0.05) is 0 Å². The fourth-order valence-corrected chi connectivity index (χ4v) is 1.43. The van der Waals surface area contributed by atoms with E-state index >= 15 is 0 Å². The van der Waals surface area contributed by atoms with Crippen molar-refractivity contribution in [3.05, 3.63) is 26.8 Å². The maximum atomic E-state index is 12.9. The average Bonchev–Trinajstić information content (AvgIpc) is 2.09. The molecule has 0 atom stereocenters. The second kappa shape index (κ2) is 4.45. The van der Waals surface area contributed by atoms with Crippen molar-refractivity contribution in [1.29, 1.82) is 0 Å². The van der Waals surface area contributed by atoms with Gasteiger partial charge >= 0.3 is 0 Å². The second-order valence-corrected chi connectivity index (χ2v) is 3.57. The molecule has 0 aliphatic heterocycles. The Labute approximate surface area is 91.4 Å². The minimum atomic E-state index is -2.77. The quantitative estimate of drug-likeness (QED) is 0.600. The zero-order valence-corrected chi connectivity index (χ0v) is 9.11. The maximum absolute atomic E-state index is 12.9. The van der Waals surface area contributed by atoms with Crippen molar-refractivity contribution in [3.8, 4) is 0 Å². The lowest BCUT2D eigenvalue weighted by molar-refractivity contribution is 0.144. The van der Waals surface area contributed by atoms with Gasteiger partial charge in [-0.15, -0.1) is 11.6 Å². The molecule has 0 fully saturated rings. The van der Waals surface area contributed by atoms with Gasteiger partial charge < -0.3 is 0 Å². The van der Waals surface area contributed by atoms with Crippen molar-refractivity contribution in [2.24, 2.45) is 0 Å². The molecule has 0 aromatic carbocycles. The minimum absolute atomic E-state index is 0.0758. The molecule has 0 aliphatic rings. The molecule has 0 radical (unpaired) electrons. The van der Waals surface area contributed by atoms with E-state index in [1.54, 1.807) is 0 Å². The molecule has 0 spiro atoms. The van der Waals surface area contributed by atoms with Crippen LogP contribution in [0, 0.1) is 9.39 Å². The third kappa shape index (κ3) is 2.46. The topological polar surface area (TPSA) is 12.9 Å². The van der Waals surface area contributed by atoms with Gasteiger partial charge in [0, 0.05) is 0 Å². The zero-order valence-electron chi connectivity index (χ0n) is 6.20. The third-order valence-electron chi connectivity index (χ3n) is 1.34. The number of hydrogen-bond donors (Lipinski definition) is 0. The molecule has 6 heteroatoms. The van der Waals surface area contributed by atoms with Gasteiger partial charge in [-0.3, -0.25) is 0 Å². The highest BCUT2D eigenvalue weighted by molar-refractivity contribution is 14.1. The normalized spacial score (nSPS) is 10.9. The summed E-state index contributed by atoms with van der Waals surface area (Å²) in [5.74, 6) is -0.783. The first kappa shape index (κ1) is 11.0. The Kier molecular flexibility index (Phi) is 3.78. The second-order valence-electron chi connectivity index (χ2n) is 2.23. The number of nitrogens with zero attached hydrogens (tertiary/aromatic N) is 1. The predicted molar refractivity (Wildman–Crippen MR) is 51.4 cm³/mol. The molecule has 0 saturated heterocycles. The largest absolute Gasteiger partial charge is 0.281 e. The monoisotopic (exact) mass is 321 g/mol. The molecule has 1 heterocycles. The lowest BCUT2D eigenvalue weighted by Crippen LogP contribution is -2.01. The maximum Gasteiger partial charge on any atom is 0.281 e. The van der Waals surface area contributed by atoms with Crippen LogP contribution in [0.5, 0.6) is 0 Å². The van der Waals surface area contributed by atoms with Crippen LogP contribution in [0.2, 0.25) is 0 Å². The summed E-state index contributed by atoms with van der Waals surface area (Å²) >= 11 is 6.84. The molecule has 1 rings (SSSR count). The summed E-state index contributed by atoms with van der Waals surface area (Å²) in [5, 5.41) is 0. The van der Waals surface area contributed by atoms with Crippen LogP contribution in [-0.2, 0) is 5.88 Å². The summed E-state index contributed by atoms with van der Waals surface area (Å²) < 4.78 is 37.3. The van der Waals surface area contributed by atoms with Gasteiger partial charge in [0.15, 0.2) is 0 Å². The van der Waals surface area contributed by atoms with E-state index in [2.05, 4.69) is 4.98 Å². The minimum Gasteiger partial charge on any atom is -0.249 e. The summed E-state index contributed by atoms with van der Waals surface area (Å²) in [6.07, 6.45) is -2.77. The zero-order chi connectivity index (χ0) is 10.0. The Morgan fingerprint density at radius 2 is 2.15 bits per heavy atom. The van der Waals surface area contributed by atoms with E-state index in [0.717, 1.165) is 6.07 Å². The standard InChI is InChI=1S/C7H4ClF3IN/c8-2-3-1-4(9)5(12)6(13-3)7(10)11/h1,7H,2H2. The highest BCUT2D eigenvalue weighted by Crippen LogP contribution is 2.25. The van der Waals surface area contributed by atoms with Gasteiger partial charge in [0.1, 0.15) is 11.5 Å². The Morgan fingerprint density at radius 3 is 2.62 bits per heavy atom. The van der Waals surface area contributed by atoms with Gasteiger partial charge in [0.05, 0.1) is 15.1 Å². The number of halogens is 5. The first-order chi connectivity index (χ1) is 6.06. The molecule has 0 N–H and O–H groups in total. The van der Waals surface area contributed by atoms with E-state index in [9.17, 15) is 13.2 Å². The first-order valence-electron chi connectivity index (χ1n) is 3.25. The Balaban J connectivity index is 3.25. The van der Waals surface area contributed by atoms with Gasteiger partial charge in [0.25, 0.3) is 6.43 Å². The summed E-state index contributed by atoms with van der Waals surface area (Å²) in [5.41, 5.74) is -0.425. The number of aromatic nitrogens is 1. The van der Waals surface area contributed by atoms with Crippen LogP contribution in [0.1, 0.15) is 17.8 Å². The van der Waals surface area contributed by atoms with E-state index < -0.39 is 17.9 Å². The third-order valence-corrected chi connectivity index (χ3v) is 2.68. The van der Waals surface area contributed by atoms with Crippen LogP contribution in [0.4, 0.5) is 13.2 Å². The Bertz CT molecular complexity index is 319. The first-order valence-corrected chi connectivity index (χ1v) is 4.86. The summed E-state index contributed by atoms with van der Waals surface area (Å²) in [7, 11) is 0. The fourth-order valence-electron chi connectivity index (χ4n) is 0.781. The SMILES string of the molecule is Fc1cc(CCl)nc(C(F)F)c1I. The van der Waals surface area contributed by atoms with Crippen LogP contribution in [0.3, 0.4) is 0 Å². The summed E-state index contributed by atoms with van der Waals surface area (Å²) in [6, 6.07) is 1.06. The van der Waals surface area contributed by atoms with E-state index in [4.69, 9.17) is 11.6 Å². The average molecular weight is 321 g/mol. The molecule has 0 saturated carbocycles. The molecule has 1 aromatic rings. The molecule has 0 unspecified atom stereocenters. The lowest BCUT2D eigenvalue weighted by Gasteiger charge is -2.05. The van der Waals surface area contributed by atoms with Crippen LogP contribution in [0.25, 0.3) is 0 Å². The Morgan fingerprint density at radius 1 is 1.54 bits per heavy atom. The summed E-state index contributed by atoms with van der Waals surface area (Å²) in [6.45, 7) is 0. The molecular formula is C7H4ClF3IN. The summed E-state index contributed by atoms with van der Waals surface area (Å²) in [4.78, 5) is 3.52. The smallest absolute Gasteiger partial charge is 0.249 e. The lowest BCUT2D eigenvalue weighted by atomic mass is 10.3. The van der Waals surface area contributed by atoms with Gasteiger partial charge in [-0.25, -0.2) is 18.2 Å². The van der Waals surface area contributed by atoms with E-state index in [-0.39, 0.29) is 15.1 Å². The van der Waals surface area contributed by atoms with E-state index in [1.165, 1.54) is 22.6 Å². The molecule has 13 heavy (non-hydrogen) atoms. The van der Waals surface area contributed by atoms with E-state index in [1.807, 2.05) is 0 Å². The molecular weight excluding hydrogens is 317 g/mol. The Hall–Kier alpha value is -0.0400. The number of alkyl halides is 3.